The molecule has 0 aliphatic rings. The van der Waals surface area contributed by atoms with Crippen LogP contribution in [0.1, 0.15) is 42.3 Å². The molecule has 0 aliphatic heterocycles. The van der Waals surface area contributed by atoms with E-state index in [2.05, 4.69) is 9.98 Å². The van der Waals surface area contributed by atoms with E-state index in [-0.39, 0.29) is 12.5 Å². The second-order valence-corrected chi connectivity index (χ2v) is 6.94. The molecule has 1 aromatic carbocycles. The number of aromatic nitrogens is 1. The van der Waals surface area contributed by atoms with Crippen molar-refractivity contribution in [1.29, 1.82) is 0 Å². The van der Waals surface area contributed by atoms with Gasteiger partial charge in [-0.3, -0.25) is 9.79 Å². The minimum Gasteiger partial charge on any atom is -0.473 e. The molecule has 0 saturated carbocycles. The average molecular weight is 451 g/mol. The van der Waals surface area contributed by atoms with Gasteiger partial charge in [-0.05, 0) is 44.0 Å². The standard InChI is InChI=1S/C23H25F4N3O2/c1-5-16(12-28-4)18-9-7-8-10-19(18)22(31)30(6-2)15(3)14-32-21-20(24)11-17(13-29-21)23(25,26)27/h5,7-13,15H,6,14H2,1-4H3/b16-5+,28-12?/t15-/m0/s1. The van der Waals surface area contributed by atoms with Gasteiger partial charge >= 0.3 is 6.18 Å². The van der Waals surface area contributed by atoms with Crippen molar-refractivity contribution in [3.63, 3.8) is 0 Å². The number of nitrogens with zero attached hydrogens (tertiary/aromatic N) is 3. The predicted octanol–water partition coefficient (Wildman–Crippen LogP) is 5.27. The lowest BCUT2D eigenvalue weighted by molar-refractivity contribution is -0.138. The van der Waals surface area contributed by atoms with E-state index in [1.165, 1.54) is 4.90 Å². The maximum absolute atomic E-state index is 14.0. The SMILES string of the molecule is C/C=C(\C=NC)c1ccccc1C(=O)N(CC)[C@@H](C)COc1ncc(C(F)(F)F)cc1F. The van der Waals surface area contributed by atoms with Crippen LogP contribution < -0.4 is 4.74 Å². The van der Waals surface area contributed by atoms with Gasteiger partial charge in [0.25, 0.3) is 5.91 Å². The number of carbonyl (C=O) groups is 1. The summed E-state index contributed by atoms with van der Waals surface area (Å²) in [5.41, 5.74) is 0.765. The summed E-state index contributed by atoms with van der Waals surface area (Å²) in [7, 11) is 1.64. The van der Waals surface area contributed by atoms with Crippen molar-refractivity contribution < 1.29 is 27.1 Å². The molecule has 1 heterocycles. The Labute approximate surface area is 184 Å². The number of rotatable bonds is 8. The highest BCUT2D eigenvalue weighted by Gasteiger charge is 2.32. The molecule has 0 saturated heterocycles. The third-order valence-electron chi connectivity index (χ3n) is 4.78. The van der Waals surface area contributed by atoms with Crippen molar-refractivity contribution in [3.05, 3.63) is 65.1 Å². The molecule has 0 fully saturated rings. The van der Waals surface area contributed by atoms with Gasteiger partial charge in [0.15, 0.2) is 5.82 Å². The van der Waals surface area contributed by atoms with Gasteiger partial charge in [-0.25, -0.2) is 9.37 Å². The van der Waals surface area contributed by atoms with E-state index >= 15 is 0 Å². The fourth-order valence-corrected chi connectivity index (χ4v) is 3.15. The average Bonchev–Trinajstić information content (AvgIpc) is 2.76. The van der Waals surface area contributed by atoms with E-state index in [1.54, 1.807) is 39.2 Å². The normalized spacial score (nSPS) is 13.3. The van der Waals surface area contributed by atoms with Crippen molar-refractivity contribution in [2.45, 2.75) is 33.0 Å². The second kappa shape index (κ2) is 10.9. The lowest BCUT2D eigenvalue weighted by Crippen LogP contribution is -2.42. The number of pyridine rings is 1. The Hall–Kier alpha value is -3.23. The first kappa shape index (κ1) is 25.0. The van der Waals surface area contributed by atoms with Crippen LogP contribution in [0, 0.1) is 5.82 Å². The molecule has 32 heavy (non-hydrogen) atoms. The summed E-state index contributed by atoms with van der Waals surface area (Å²) >= 11 is 0. The number of carbonyl (C=O) groups excluding carboxylic acids is 1. The van der Waals surface area contributed by atoms with Crippen molar-refractivity contribution in [3.8, 4) is 5.88 Å². The van der Waals surface area contributed by atoms with Crippen molar-refractivity contribution in [1.82, 2.24) is 9.88 Å². The van der Waals surface area contributed by atoms with Crippen LogP contribution in [0.5, 0.6) is 5.88 Å². The van der Waals surface area contributed by atoms with Gasteiger partial charge in [-0.2, -0.15) is 13.2 Å². The molecule has 9 heteroatoms. The van der Waals surface area contributed by atoms with Crippen LogP contribution in [-0.2, 0) is 6.18 Å². The first-order valence-electron chi connectivity index (χ1n) is 9.98. The number of hydrogen-bond donors (Lipinski definition) is 0. The Kier molecular flexibility index (Phi) is 8.51. The van der Waals surface area contributed by atoms with E-state index < -0.39 is 29.5 Å². The number of amides is 1. The Morgan fingerprint density at radius 3 is 2.47 bits per heavy atom. The Bertz CT molecular complexity index is 1000. The number of likely N-dealkylation sites (N-methyl/N-ethyl adjacent to an activating group) is 1. The number of halogens is 4. The van der Waals surface area contributed by atoms with Crippen LogP contribution in [-0.4, -0.2) is 48.2 Å². The predicted molar refractivity (Wildman–Crippen MR) is 115 cm³/mol. The number of allylic oxidation sites excluding steroid dienone is 2. The minimum absolute atomic E-state index is 0.149. The molecule has 1 atom stereocenters. The van der Waals surface area contributed by atoms with Gasteiger partial charge in [0.05, 0.1) is 11.6 Å². The number of aliphatic imine (C=N–C) groups is 1. The highest BCUT2D eigenvalue weighted by molar-refractivity contribution is 6.14. The topological polar surface area (TPSA) is 54.8 Å². The van der Waals surface area contributed by atoms with E-state index in [9.17, 15) is 22.4 Å². The first-order chi connectivity index (χ1) is 15.1. The van der Waals surface area contributed by atoms with Crippen molar-refractivity contribution in [2.75, 3.05) is 20.2 Å². The van der Waals surface area contributed by atoms with E-state index in [4.69, 9.17) is 4.74 Å². The smallest absolute Gasteiger partial charge is 0.417 e. The third-order valence-corrected chi connectivity index (χ3v) is 4.78. The van der Waals surface area contributed by atoms with Gasteiger partial charge in [0.1, 0.15) is 6.61 Å². The highest BCUT2D eigenvalue weighted by atomic mass is 19.4. The second-order valence-electron chi connectivity index (χ2n) is 6.94. The zero-order valence-corrected chi connectivity index (χ0v) is 18.3. The maximum atomic E-state index is 14.0. The molecule has 0 N–H and O–H groups in total. The quantitative estimate of drug-likeness (QED) is 0.406. The molecule has 1 aromatic heterocycles. The summed E-state index contributed by atoms with van der Waals surface area (Å²) in [5.74, 6) is -2.03. The fourth-order valence-electron chi connectivity index (χ4n) is 3.15. The van der Waals surface area contributed by atoms with Gasteiger partial charge in [-0.1, -0.05) is 24.3 Å². The Morgan fingerprint density at radius 2 is 1.94 bits per heavy atom. The van der Waals surface area contributed by atoms with Gasteiger partial charge in [0.2, 0.25) is 5.88 Å². The maximum Gasteiger partial charge on any atom is 0.417 e. The zero-order chi connectivity index (χ0) is 23.9. The molecule has 0 aliphatic carbocycles. The molecular weight excluding hydrogens is 426 g/mol. The molecule has 2 rings (SSSR count). The molecule has 0 unspecified atom stereocenters. The summed E-state index contributed by atoms with van der Waals surface area (Å²) in [6.07, 6.45) is -0.683. The summed E-state index contributed by atoms with van der Waals surface area (Å²) < 4.78 is 57.3. The lowest BCUT2D eigenvalue weighted by atomic mass is 9.98. The van der Waals surface area contributed by atoms with Crippen molar-refractivity contribution >= 4 is 17.7 Å². The lowest BCUT2D eigenvalue weighted by Gasteiger charge is -2.29. The molecule has 0 bridgehead atoms. The monoisotopic (exact) mass is 451 g/mol. The summed E-state index contributed by atoms with van der Waals surface area (Å²) in [5, 5.41) is 0. The summed E-state index contributed by atoms with van der Waals surface area (Å²) in [4.78, 5) is 22.3. The highest BCUT2D eigenvalue weighted by Crippen LogP contribution is 2.30. The third kappa shape index (κ3) is 5.93. The number of benzene rings is 1. The minimum atomic E-state index is -4.70. The Balaban J connectivity index is 2.21. The molecule has 5 nitrogen and oxygen atoms in total. The van der Waals surface area contributed by atoms with Crippen LogP contribution in [0.2, 0.25) is 0 Å². The van der Waals surface area contributed by atoms with Crippen molar-refractivity contribution in [2.24, 2.45) is 4.99 Å². The first-order valence-corrected chi connectivity index (χ1v) is 9.98. The molecule has 0 spiro atoms. The van der Waals surface area contributed by atoms with E-state index in [0.717, 1.165) is 5.57 Å². The molecule has 0 radical (unpaired) electrons. The largest absolute Gasteiger partial charge is 0.473 e. The summed E-state index contributed by atoms with van der Waals surface area (Å²) in [6, 6.07) is 6.93. The number of ether oxygens (including phenoxy) is 1. The molecule has 172 valence electrons. The number of alkyl halides is 3. The van der Waals surface area contributed by atoms with Gasteiger partial charge in [0, 0.05) is 31.6 Å². The summed E-state index contributed by atoms with van der Waals surface area (Å²) in [6.45, 7) is 5.53. The van der Waals surface area contributed by atoms with E-state index in [0.29, 0.717) is 29.9 Å². The van der Waals surface area contributed by atoms with Gasteiger partial charge < -0.3 is 9.64 Å². The van der Waals surface area contributed by atoms with Gasteiger partial charge in [-0.15, -0.1) is 0 Å². The van der Waals surface area contributed by atoms with Crippen LogP contribution in [0.15, 0.2) is 47.6 Å². The molecule has 1 amide bonds. The van der Waals surface area contributed by atoms with Crippen LogP contribution >= 0.6 is 0 Å². The van der Waals surface area contributed by atoms with E-state index in [1.807, 2.05) is 25.1 Å². The fraction of sp³-hybridized carbons (Fsp3) is 0.348. The number of hydrogen-bond acceptors (Lipinski definition) is 4. The van der Waals surface area contributed by atoms with Crippen LogP contribution in [0.3, 0.4) is 0 Å². The van der Waals surface area contributed by atoms with Crippen LogP contribution in [0.25, 0.3) is 5.57 Å². The molecular formula is C23H25F4N3O2. The molecule has 2 aromatic rings. The zero-order valence-electron chi connectivity index (χ0n) is 18.3. The van der Waals surface area contributed by atoms with Crippen LogP contribution in [0.4, 0.5) is 17.6 Å². The Morgan fingerprint density at radius 1 is 1.28 bits per heavy atom.